The maximum Gasteiger partial charge on any atom is 0.253 e. The topological polar surface area (TPSA) is 100 Å². The van der Waals surface area contributed by atoms with Gasteiger partial charge in [0.1, 0.15) is 22.6 Å². The first-order chi connectivity index (χ1) is 17.6. The van der Waals surface area contributed by atoms with Gasteiger partial charge in [-0.15, -0.1) is 0 Å². The Morgan fingerprint density at radius 2 is 2.00 bits per heavy atom. The lowest BCUT2D eigenvalue weighted by Crippen LogP contribution is -2.50. The highest BCUT2D eigenvalue weighted by Gasteiger charge is 2.38. The average Bonchev–Trinajstić information content (AvgIpc) is 2.90. The molecule has 1 aliphatic heterocycles. The summed E-state index contributed by atoms with van der Waals surface area (Å²) in [6.07, 6.45) is 2.73. The van der Waals surface area contributed by atoms with Gasteiger partial charge in [0.2, 0.25) is 10.0 Å². The van der Waals surface area contributed by atoms with E-state index in [9.17, 15) is 22.7 Å². The zero-order chi connectivity index (χ0) is 26.7. The molecule has 37 heavy (non-hydrogen) atoms. The number of likely N-dealkylation sites (N-methyl/N-ethyl adjacent to an activating group) is 1. The molecule has 1 N–H and O–H groups in total. The van der Waals surface area contributed by atoms with E-state index in [1.165, 1.54) is 39.5 Å². The fraction of sp³-hybridized carbons (Fsp3) is 0.333. The van der Waals surface area contributed by atoms with Crippen LogP contribution in [0.1, 0.15) is 24.2 Å². The largest absolute Gasteiger partial charge is 0.487 e. The summed E-state index contributed by atoms with van der Waals surface area (Å²) in [6, 6.07) is 13.3. The van der Waals surface area contributed by atoms with Crippen LogP contribution < -0.4 is 4.74 Å². The van der Waals surface area contributed by atoms with Crippen molar-refractivity contribution in [3.63, 3.8) is 0 Å². The minimum atomic E-state index is -3.99. The molecule has 0 bridgehead atoms. The predicted molar refractivity (Wildman–Crippen MR) is 137 cm³/mol. The van der Waals surface area contributed by atoms with Crippen molar-refractivity contribution in [3.05, 3.63) is 78.4 Å². The Morgan fingerprint density at radius 1 is 1.22 bits per heavy atom. The summed E-state index contributed by atoms with van der Waals surface area (Å²) >= 11 is 0. The summed E-state index contributed by atoms with van der Waals surface area (Å²) in [5.74, 6) is -1.08. The Kier molecular flexibility index (Phi) is 7.91. The summed E-state index contributed by atoms with van der Waals surface area (Å²) in [5, 5.41) is 9.81. The summed E-state index contributed by atoms with van der Waals surface area (Å²) in [6.45, 7) is 3.35. The van der Waals surface area contributed by atoms with Crippen LogP contribution in [0.15, 0.2) is 71.9 Å². The van der Waals surface area contributed by atoms with Crippen LogP contribution in [0.4, 0.5) is 4.39 Å². The monoisotopic (exact) mass is 527 g/mol. The quantitative estimate of drug-likeness (QED) is 0.527. The second-order valence-corrected chi connectivity index (χ2v) is 11.2. The Labute approximate surface area is 216 Å². The molecule has 3 atom stereocenters. The zero-order valence-electron chi connectivity index (χ0n) is 20.9. The molecular formula is C27H30FN3O5S. The van der Waals surface area contributed by atoms with E-state index < -0.39 is 28.0 Å². The first-order valence-electron chi connectivity index (χ1n) is 12.0. The molecule has 0 saturated heterocycles. The van der Waals surface area contributed by atoms with Crippen molar-refractivity contribution < 1.29 is 27.4 Å². The number of hydrogen-bond donors (Lipinski definition) is 1. The number of halogens is 1. The summed E-state index contributed by atoms with van der Waals surface area (Å²) in [5.41, 5.74) is 1.72. The van der Waals surface area contributed by atoms with Crippen molar-refractivity contribution in [2.45, 2.75) is 30.9 Å². The minimum Gasteiger partial charge on any atom is -0.487 e. The lowest BCUT2D eigenvalue weighted by molar-refractivity contribution is 0.0563. The third kappa shape index (κ3) is 5.66. The van der Waals surface area contributed by atoms with E-state index in [1.807, 2.05) is 13.0 Å². The number of carbonyl (C=O) groups excluding carboxylic acids is 1. The first kappa shape index (κ1) is 26.7. The van der Waals surface area contributed by atoms with E-state index >= 15 is 0 Å². The van der Waals surface area contributed by atoms with Gasteiger partial charge >= 0.3 is 0 Å². The van der Waals surface area contributed by atoms with Crippen molar-refractivity contribution >= 4 is 15.9 Å². The Morgan fingerprint density at radius 3 is 2.68 bits per heavy atom. The number of aromatic nitrogens is 1. The number of benzene rings is 2. The standard InChI is InChI=1S/C27H30FN3O5S/c1-18-15-31(19(2)17-32)37(34,35)26-10-9-20(22-7-5-11-29-14-22)13-24(26)36-25(18)16-30(3)27(33)21-6-4-8-23(28)12-21/h4-14,18-19,25,32H,15-17H2,1-3H3/t18-,19-,25+/m0/s1. The van der Waals surface area contributed by atoms with Gasteiger partial charge in [-0.25, -0.2) is 12.8 Å². The molecule has 1 aromatic heterocycles. The van der Waals surface area contributed by atoms with Gasteiger partial charge in [-0.1, -0.05) is 25.1 Å². The van der Waals surface area contributed by atoms with Crippen molar-refractivity contribution in [1.29, 1.82) is 0 Å². The lowest BCUT2D eigenvalue weighted by Gasteiger charge is -2.37. The highest BCUT2D eigenvalue weighted by atomic mass is 32.2. The first-order valence-corrected chi connectivity index (χ1v) is 13.4. The number of hydrogen-bond acceptors (Lipinski definition) is 6. The van der Waals surface area contributed by atoms with Crippen LogP contribution in [0.5, 0.6) is 5.75 Å². The molecule has 8 nitrogen and oxygen atoms in total. The Hall–Kier alpha value is -3.34. The highest BCUT2D eigenvalue weighted by molar-refractivity contribution is 7.89. The second kappa shape index (κ2) is 11.0. The number of sulfonamides is 1. The molecule has 4 rings (SSSR count). The van der Waals surface area contributed by atoms with Crippen LogP contribution in [-0.4, -0.2) is 72.5 Å². The lowest BCUT2D eigenvalue weighted by atomic mass is 10.0. The molecule has 0 aliphatic carbocycles. The molecular weight excluding hydrogens is 497 g/mol. The van der Waals surface area contributed by atoms with Crippen LogP contribution in [0.2, 0.25) is 0 Å². The Bertz CT molecular complexity index is 1370. The van der Waals surface area contributed by atoms with Gasteiger partial charge < -0.3 is 14.7 Å². The molecule has 10 heteroatoms. The Balaban J connectivity index is 1.74. The number of rotatable bonds is 6. The molecule has 0 saturated carbocycles. The minimum absolute atomic E-state index is 0.0172. The van der Waals surface area contributed by atoms with E-state index in [0.29, 0.717) is 0 Å². The van der Waals surface area contributed by atoms with E-state index in [-0.39, 0.29) is 47.7 Å². The van der Waals surface area contributed by atoms with E-state index in [1.54, 1.807) is 44.6 Å². The number of aliphatic hydroxyl groups excluding tert-OH is 1. The van der Waals surface area contributed by atoms with E-state index in [0.717, 1.165) is 11.1 Å². The van der Waals surface area contributed by atoms with Crippen LogP contribution >= 0.6 is 0 Å². The number of pyridine rings is 1. The van der Waals surface area contributed by atoms with Gasteiger partial charge in [0.15, 0.2) is 0 Å². The van der Waals surface area contributed by atoms with Crippen LogP contribution in [0, 0.1) is 11.7 Å². The summed E-state index contributed by atoms with van der Waals surface area (Å²) in [4.78, 5) is 18.6. The predicted octanol–water partition coefficient (Wildman–Crippen LogP) is 3.43. The van der Waals surface area contributed by atoms with Crippen molar-refractivity contribution in [3.8, 4) is 16.9 Å². The molecule has 0 fully saturated rings. The third-order valence-corrected chi connectivity index (χ3v) is 8.55. The SMILES string of the molecule is C[C@H]1CN([C@@H](C)CO)S(=O)(=O)c2ccc(-c3cccnc3)cc2O[C@@H]1CN(C)C(=O)c1cccc(F)c1. The smallest absolute Gasteiger partial charge is 0.253 e. The number of aliphatic hydroxyl groups is 1. The molecule has 0 unspecified atom stereocenters. The molecule has 1 aliphatic rings. The molecule has 196 valence electrons. The van der Waals surface area contributed by atoms with Gasteiger partial charge in [-0.2, -0.15) is 4.31 Å². The van der Waals surface area contributed by atoms with Gasteiger partial charge in [0, 0.05) is 49.1 Å². The van der Waals surface area contributed by atoms with Gasteiger partial charge in [-0.05, 0) is 48.9 Å². The maximum absolute atomic E-state index is 13.7. The van der Waals surface area contributed by atoms with Crippen molar-refractivity contribution in [1.82, 2.24) is 14.2 Å². The number of nitrogens with zero attached hydrogens (tertiary/aromatic N) is 3. The summed E-state index contributed by atoms with van der Waals surface area (Å²) in [7, 11) is -2.39. The average molecular weight is 528 g/mol. The number of carbonyl (C=O) groups is 1. The summed E-state index contributed by atoms with van der Waals surface area (Å²) < 4.78 is 48.6. The number of ether oxygens (including phenoxy) is 1. The molecule has 0 spiro atoms. The van der Waals surface area contributed by atoms with Gasteiger partial charge in [0.05, 0.1) is 13.2 Å². The number of fused-ring (bicyclic) bond motifs is 1. The molecule has 0 radical (unpaired) electrons. The fourth-order valence-electron chi connectivity index (χ4n) is 4.35. The van der Waals surface area contributed by atoms with Crippen LogP contribution in [-0.2, 0) is 10.0 Å². The maximum atomic E-state index is 13.7. The molecule has 3 aromatic rings. The highest BCUT2D eigenvalue weighted by Crippen LogP contribution is 2.36. The van der Waals surface area contributed by atoms with Crippen molar-refractivity contribution in [2.75, 3.05) is 26.7 Å². The fourth-order valence-corrected chi connectivity index (χ4v) is 6.18. The van der Waals surface area contributed by atoms with Crippen LogP contribution in [0.25, 0.3) is 11.1 Å². The normalized spacial score (nSPS) is 20.1. The van der Waals surface area contributed by atoms with E-state index in [4.69, 9.17) is 4.74 Å². The molecule has 1 amide bonds. The molecule has 2 heterocycles. The van der Waals surface area contributed by atoms with E-state index in [2.05, 4.69) is 4.98 Å². The molecule has 2 aromatic carbocycles. The van der Waals surface area contributed by atoms with Crippen molar-refractivity contribution in [2.24, 2.45) is 5.92 Å². The van der Waals surface area contributed by atoms with Crippen LogP contribution in [0.3, 0.4) is 0 Å². The zero-order valence-corrected chi connectivity index (χ0v) is 21.7. The third-order valence-electron chi connectivity index (χ3n) is 6.53. The second-order valence-electron chi connectivity index (χ2n) is 9.34. The van der Waals surface area contributed by atoms with Gasteiger partial charge in [-0.3, -0.25) is 9.78 Å². The number of amides is 1. The van der Waals surface area contributed by atoms with Gasteiger partial charge in [0.25, 0.3) is 5.91 Å².